The van der Waals surface area contributed by atoms with Gasteiger partial charge in [-0.2, -0.15) is 0 Å². The summed E-state index contributed by atoms with van der Waals surface area (Å²) in [6, 6.07) is 0. The summed E-state index contributed by atoms with van der Waals surface area (Å²) in [6.07, 6.45) is 0. The molecule has 0 fully saturated rings. The molecule has 0 atom stereocenters. The predicted molar refractivity (Wildman–Crippen MR) is 8.03 cm³/mol. The molecular weight excluding hydrogens is 92.9 g/mol. The van der Waals surface area contributed by atoms with Crippen LogP contribution < -0.4 is 52.4 Å². The molecule has 26 valence electrons. The standard InChI is InChI=1S/2Li.O3P/c;;1-4(2)3/q2*+1;-3/p+1. The maximum atomic E-state index is 8.48. The Balaban J connectivity index is -0.0000000150. The van der Waals surface area contributed by atoms with Crippen LogP contribution in [0.2, 0.25) is 0 Å². The van der Waals surface area contributed by atoms with Gasteiger partial charge in [-0.25, -0.2) is 0 Å². The Labute approximate surface area is 62.6 Å². The Morgan fingerprint density at radius 3 is 1.00 bits per heavy atom. The first-order valence-electron chi connectivity index (χ1n) is 0.548. The molecule has 0 bridgehead atoms. The molecule has 6 heteroatoms. The molecule has 0 aliphatic heterocycles. The third-order valence-electron chi connectivity index (χ3n) is 0. The van der Waals surface area contributed by atoms with Crippen LogP contribution in [0.3, 0.4) is 0 Å². The molecule has 0 saturated carbocycles. The van der Waals surface area contributed by atoms with Crippen LogP contribution in [0.25, 0.3) is 0 Å². The van der Waals surface area contributed by atoms with Crippen LogP contribution >= 0.6 is 8.60 Å². The zero-order valence-electron chi connectivity index (χ0n) is 4.67. The van der Waals surface area contributed by atoms with Crippen LogP contribution in [0.15, 0.2) is 0 Å². The van der Waals surface area contributed by atoms with Crippen molar-refractivity contribution in [2.45, 2.75) is 0 Å². The fourth-order valence-corrected chi connectivity index (χ4v) is 0. The molecule has 3 nitrogen and oxygen atoms in total. The first-order valence-corrected chi connectivity index (χ1v) is 1.64. The van der Waals surface area contributed by atoms with Crippen molar-refractivity contribution in [3.05, 3.63) is 0 Å². The van der Waals surface area contributed by atoms with Gasteiger partial charge in [0, 0.05) is 0 Å². The van der Waals surface area contributed by atoms with Gasteiger partial charge in [-0.05, 0) is 0 Å². The molecule has 0 saturated heterocycles. The van der Waals surface area contributed by atoms with E-state index in [2.05, 4.69) is 0 Å². The Morgan fingerprint density at radius 1 is 1.00 bits per heavy atom. The largest absolute Gasteiger partial charge is 1.00 e. The van der Waals surface area contributed by atoms with Crippen molar-refractivity contribution in [1.29, 1.82) is 0 Å². The van der Waals surface area contributed by atoms with Gasteiger partial charge in [-0.1, -0.05) is 0 Å². The maximum absolute atomic E-state index is 8.48. The minimum Gasteiger partial charge on any atom is -0.854 e. The molecular formula is HLi2O3P. The summed E-state index contributed by atoms with van der Waals surface area (Å²) in [7, 11) is -3.37. The van der Waals surface area contributed by atoms with E-state index < -0.39 is 8.60 Å². The topological polar surface area (TPSA) is 69.2 Å². The molecule has 0 rings (SSSR count). The molecule has 0 N–H and O–H groups in total. The van der Waals surface area contributed by atoms with E-state index >= 15 is 0 Å². The first-order chi connectivity index (χ1) is 1.73. The van der Waals surface area contributed by atoms with Gasteiger partial charge in [0.2, 0.25) is 0 Å². The summed E-state index contributed by atoms with van der Waals surface area (Å²) in [5, 5.41) is 0. The summed E-state index contributed by atoms with van der Waals surface area (Å²) in [5.41, 5.74) is 0. The second kappa shape index (κ2) is 9.71. The van der Waals surface area contributed by atoms with Gasteiger partial charge >= 0.3 is 39.1 Å². The van der Waals surface area contributed by atoms with Crippen LogP contribution in [-0.2, 0) is 0 Å². The predicted octanol–water partition coefficient (Wildman–Crippen LogP) is -8.59. The maximum Gasteiger partial charge on any atom is 1.00 e. The van der Waals surface area contributed by atoms with Gasteiger partial charge < -0.3 is 23.3 Å². The van der Waals surface area contributed by atoms with Gasteiger partial charge in [0.25, 0.3) is 0 Å². The quantitative estimate of drug-likeness (QED) is 0.221. The zero-order chi connectivity index (χ0) is 3.58. The monoisotopic (exact) mass is 94.0 g/mol. The zero-order valence-corrected chi connectivity index (χ0v) is 4.57. The Kier molecular flexibility index (Phi) is 25.3. The average Bonchev–Trinajstić information content (AvgIpc) is 0.811. The van der Waals surface area contributed by atoms with Crippen LogP contribution in [0, 0.1) is 0 Å². The third-order valence-corrected chi connectivity index (χ3v) is 0. The van der Waals surface area contributed by atoms with Crippen molar-refractivity contribution in [2.75, 3.05) is 0 Å². The third kappa shape index (κ3) is 49.3. The minimum absolute atomic E-state index is 0. The summed E-state index contributed by atoms with van der Waals surface area (Å²) >= 11 is 0. The molecule has 0 aromatic rings. The van der Waals surface area contributed by atoms with Crippen molar-refractivity contribution >= 4 is 8.60 Å². The summed E-state index contributed by atoms with van der Waals surface area (Å²) < 4.78 is 0. The molecule has 0 spiro atoms. The van der Waals surface area contributed by atoms with Gasteiger partial charge in [0.15, 0.2) is 0 Å². The molecule has 0 radical (unpaired) electrons. The van der Waals surface area contributed by atoms with Crippen LogP contribution in [0.5, 0.6) is 0 Å². The van der Waals surface area contributed by atoms with Gasteiger partial charge in [0.05, 0.1) is 0 Å². The average molecular weight is 93.9 g/mol. The van der Waals surface area contributed by atoms with Crippen LogP contribution in [0.1, 0.15) is 1.43 Å². The van der Waals surface area contributed by atoms with Crippen LogP contribution in [-0.4, -0.2) is 0 Å². The van der Waals surface area contributed by atoms with Gasteiger partial charge in [-0.3, -0.25) is 0 Å². The van der Waals surface area contributed by atoms with E-state index in [9.17, 15) is 0 Å². The van der Waals surface area contributed by atoms with E-state index in [4.69, 9.17) is 14.7 Å². The van der Waals surface area contributed by atoms with Gasteiger partial charge in [0.1, 0.15) is 0 Å². The molecule has 0 aromatic heterocycles. The van der Waals surface area contributed by atoms with Crippen LogP contribution in [0.4, 0.5) is 0 Å². The smallest absolute Gasteiger partial charge is 0.854 e. The molecule has 0 unspecified atom stereocenters. The van der Waals surface area contributed by atoms with E-state index in [-0.39, 0.29) is 39.1 Å². The Morgan fingerprint density at radius 2 is 1.00 bits per heavy atom. The molecule has 6 heavy (non-hydrogen) atoms. The van der Waals surface area contributed by atoms with E-state index in [1.807, 2.05) is 0 Å². The van der Waals surface area contributed by atoms with Crippen molar-refractivity contribution < 1.29 is 53.8 Å². The summed E-state index contributed by atoms with van der Waals surface area (Å²) in [5.74, 6) is 0. The molecule has 0 aliphatic rings. The fraction of sp³-hybridized carbons (Fsp3) is 0. The van der Waals surface area contributed by atoms with Gasteiger partial charge in [-0.15, -0.1) is 0 Å². The summed E-state index contributed by atoms with van der Waals surface area (Å²) in [6.45, 7) is 0. The fourth-order valence-electron chi connectivity index (χ4n) is 0. The van der Waals surface area contributed by atoms with E-state index in [1.54, 1.807) is 0 Å². The Hall–Kier alpha value is 1.50. The van der Waals surface area contributed by atoms with E-state index in [0.717, 1.165) is 0 Å². The molecule has 0 amide bonds. The van der Waals surface area contributed by atoms with Crippen molar-refractivity contribution in [3.63, 3.8) is 0 Å². The van der Waals surface area contributed by atoms with Crippen molar-refractivity contribution in [2.24, 2.45) is 0 Å². The SMILES string of the molecule is [H+].[Li+].[Li+].[O-]P([O-])[O-]. The second-order valence-electron chi connectivity index (χ2n) is 0.224. The molecule has 0 aliphatic carbocycles. The molecule has 0 aromatic carbocycles. The van der Waals surface area contributed by atoms with Crippen molar-refractivity contribution in [3.8, 4) is 0 Å². The first kappa shape index (κ1) is 15.6. The minimum atomic E-state index is -3.37. The number of hydrogen-bond donors (Lipinski definition) is 0. The second-order valence-corrected chi connectivity index (χ2v) is 0.671. The van der Waals surface area contributed by atoms with E-state index in [0.29, 0.717) is 0 Å². The summed E-state index contributed by atoms with van der Waals surface area (Å²) in [4.78, 5) is 25.4. The number of rotatable bonds is 0. The van der Waals surface area contributed by atoms with E-state index in [1.165, 1.54) is 0 Å². The number of hydrogen-bond acceptors (Lipinski definition) is 3. The van der Waals surface area contributed by atoms with Crippen molar-refractivity contribution in [1.82, 2.24) is 0 Å². The molecule has 0 heterocycles. The normalized spacial score (nSPS) is 6.00. The Bertz CT molecular complexity index is 17.7.